The Labute approximate surface area is 108 Å². The van der Waals surface area contributed by atoms with Crippen LogP contribution in [-0.4, -0.2) is 55.9 Å². The minimum atomic E-state index is -2.97. The molecule has 0 bridgehead atoms. The predicted molar refractivity (Wildman–Crippen MR) is 68.1 cm³/mol. The molecule has 0 spiro atoms. The predicted octanol–water partition coefficient (Wildman–Crippen LogP) is -0.194. The monoisotopic (exact) mass is 282 g/mol. The second-order valence-corrected chi connectivity index (χ2v) is 7.15. The van der Waals surface area contributed by atoms with Crippen molar-refractivity contribution in [1.29, 1.82) is 0 Å². The number of nitrogens with zero attached hydrogens (tertiary/aromatic N) is 1. The molecule has 5 nitrogen and oxygen atoms in total. The van der Waals surface area contributed by atoms with Crippen molar-refractivity contribution in [3.05, 3.63) is 0 Å². The Morgan fingerprint density at radius 3 is 2.65 bits per heavy atom. The zero-order valence-corrected chi connectivity index (χ0v) is 11.5. The van der Waals surface area contributed by atoms with Crippen molar-refractivity contribution >= 4 is 28.2 Å². The minimum Gasteiger partial charge on any atom is -0.339 e. The van der Waals surface area contributed by atoms with Gasteiger partial charge in [0.25, 0.3) is 0 Å². The normalized spacial score (nSPS) is 31.9. The Balaban J connectivity index is 0.00000144. The van der Waals surface area contributed by atoms with Crippen LogP contribution in [0.15, 0.2) is 0 Å². The van der Waals surface area contributed by atoms with Gasteiger partial charge in [0.05, 0.1) is 17.0 Å². The number of carbonyl (C=O) groups is 1. The first kappa shape index (κ1) is 14.7. The molecule has 1 N–H and O–H groups in total. The summed E-state index contributed by atoms with van der Waals surface area (Å²) in [5.41, 5.74) is 0. The van der Waals surface area contributed by atoms with Gasteiger partial charge in [-0.15, -0.1) is 12.4 Å². The van der Waals surface area contributed by atoms with Gasteiger partial charge in [-0.3, -0.25) is 4.79 Å². The molecule has 0 aliphatic carbocycles. The zero-order chi connectivity index (χ0) is 11.8. The van der Waals surface area contributed by atoms with Gasteiger partial charge in [0, 0.05) is 13.1 Å². The third-order valence-corrected chi connectivity index (χ3v) is 5.53. The summed E-state index contributed by atoms with van der Waals surface area (Å²) in [6.07, 6.45) is 1.90. The summed E-state index contributed by atoms with van der Waals surface area (Å²) in [6.45, 7) is 3.26. The van der Waals surface area contributed by atoms with E-state index >= 15 is 0 Å². The molecule has 2 atom stereocenters. The number of nitrogens with one attached hydrogen (secondary N) is 1. The lowest BCUT2D eigenvalue weighted by molar-refractivity contribution is -0.133. The third-order valence-electron chi connectivity index (χ3n) is 3.41. The van der Waals surface area contributed by atoms with Crippen molar-refractivity contribution in [2.24, 2.45) is 0 Å². The SMILES string of the molecule is CC1CN(C(=O)C2CCCN2)CCS1(=O)=O.Cl. The van der Waals surface area contributed by atoms with Crippen molar-refractivity contribution in [1.82, 2.24) is 10.2 Å². The van der Waals surface area contributed by atoms with Crippen molar-refractivity contribution in [3.8, 4) is 0 Å². The van der Waals surface area contributed by atoms with Crippen molar-refractivity contribution in [2.75, 3.05) is 25.4 Å². The molecule has 2 fully saturated rings. The Hall–Kier alpha value is -0.330. The number of amides is 1. The number of halogens is 1. The van der Waals surface area contributed by atoms with Crippen LogP contribution in [-0.2, 0) is 14.6 Å². The molecule has 17 heavy (non-hydrogen) atoms. The van der Waals surface area contributed by atoms with Crippen molar-refractivity contribution in [2.45, 2.75) is 31.1 Å². The molecule has 2 saturated heterocycles. The fraction of sp³-hybridized carbons (Fsp3) is 0.900. The van der Waals surface area contributed by atoms with Gasteiger partial charge >= 0.3 is 0 Å². The first-order valence-corrected chi connectivity index (χ1v) is 7.46. The topological polar surface area (TPSA) is 66.5 Å². The third kappa shape index (κ3) is 3.11. The number of carbonyl (C=O) groups excluding carboxylic acids is 1. The van der Waals surface area contributed by atoms with E-state index in [1.807, 2.05) is 0 Å². The van der Waals surface area contributed by atoms with Gasteiger partial charge in [-0.25, -0.2) is 8.42 Å². The molecule has 2 rings (SSSR count). The summed E-state index contributed by atoms with van der Waals surface area (Å²) in [5.74, 6) is 0.173. The highest BCUT2D eigenvalue weighted by Crippen LogP contribution is 2.15. The first-order valence-electron chi connectivity index (χ1n) is 5.74. The van der Waals surface area contributed by atoms with E-state index in [-0.39, 0.29) is 30.1 Å². The van der Waals surface area contributed by atoms with E-state index in [1.54, 1.807) is 11.8 Å². The molecule has 0 radical (unpaired) electrons. The van der Waals surface area contributed by atoms with E-state index in [9.17, 15) is 13.2 Å². The largest absolute Gasteiger partial charge is 0.339 e. The summed E-state index contributed by atoms with van der Waals surface area (Å²) in [4.78, 5) is 13.7. The molecular weight excluding hydrogens is 264 g/mol. The molecule has 0 aromatic heterocycles. The van der Waals surface area contributed by atoms with Crippen LogP contribution in [0.2, 0.25) is 0 Å². The standard InChI is InChI=1S/C10H18N2O3S.ClH/c1-8-7-12(5-6-16(8,14)15)10(13)9-3-2-4-11-9;/h8-9,11H,2-7H2,1H3;1H. The van der Waals surface area contributed by atoms with E-state index < -0.39 is 15.1 Å². The van der Waals surface area contributed by atoms with E-state index in [4.69, 9.17) is 0 Å². The van der Waals surface area contributed by atoms with Crippen LogP contribution < -0.4 is 5.32 Å². The van der Waals surface area contributed by atoms with Crippen LogP contribution in [0.4, 0.5) is 0 Å². The molecule has 2 heterocycles. The quantitative estimate of drug-likeness (QED) is 0.724. The summed E-state index contributed by atoms with van der Waals surface area (Å²) < 4.78 is 23.0. The van der Waals surface area contributed by atoms with Gasteiger partial charge in [0.2, 0.25) is 5.91 Å². The van der Waals surface area contributed by atoms with E-state index in [2.05, 4.69) is 5.32 Å². The van der Waals surface area contributed by atoms with Gasteiger partial charge in [0.15, 0.2) is 9.84 Å². The second-order valence-electron chi connectivity index (χ2n) is 4.61. The first-order chi connectivity index (χ1) is 7.50. The fourth-order valence-electron chi connectivity index (χ4n) is 2.27. The Morgan fingerprint density at radius 1 is 1.41 bits per heavy atom. The lowest BCUT2D eigenvalue weighted by atomic mass is 10.2. The Bertz CT molecular complexity index is 379. The zero-order valence-electron chi connectivity index (χ0n) is 9.89. The van der Waals surface area contributed by atoms with E-state index in [0.717, 1.165) is 19.4 Å². The molecular formula is C10H19ClN2O3S. The maximum atomic E-state index is 12.0. The lowest BCUT2D eigenvalue weighted by Gasteiger charge is -2.32. The highest BCUT2D eigenvalue weighted by atomic mass is 35.5. The second kappa shape index (κ2) is 5.54. The average Bonchev–Trinajstić information content (AvgIpc) is 2.74. The number of rotatable bonds is 1. The summed E-state index contributed by atoms with van der Waals surface area (Å²) in [7, 11) is -2.97. The molecule has 0 aromatic rings. The van der Waals surface area contributed by atoms with Gasteiger partial charge < -0.3 is 10.2 Å². The molecule has 7 heteroatoms. The highest BCUT2D eigenvalue weighted by Gasteiger charge is 2.34. The fourth-order valence-corrected chi connectivity index (χ4v) is 3.55. The highest BCUT2D eigenvalue weighted by molar-refractivity contribution is 7.92. The summed E-state index contributed by atoms with van der Waals surface area (Å²) in [5, 5.41) is 2.72. The minimum absolute atomic E-state index is 0. The van der Waals surface area contributed by atoms with Crippen LogP contribution in [0.5, 0.6) is 0 Å². The average molecular weight is 283 g/mol. The van der Waals surface area contributed by atoms with Crippen LogP contribution >= 0.6 is 12.4 Å². The van der Waals surface area contributed by atoms with E-state index in [0.29, 0.717) is 13.1 Å². The molecule has 2 aliphatic heterocycles. The molecule has 0 saturated carbocycles. The van der Waals surface area contributed by atoms with Gasteiger partial charge in [-0.2, -0.15) is 0 Å². The van der Waals surface area contributed by atoms with E-state index in [1.165, 1.54) is 0 Å². The molecule has 2 aliphatic rings. The van der Waals surface area contributed by atoms with Crippen molar-refractivity contribution < 1.29 is 13.2 Å². The van der Waals surface area contributed by atoms with Crippen LogP contribution in [0, 0.1) is 0 Å². The Morgan fingerprint density at radius 2 is 2.12 bits per heavy atom. The maximum Gasteiger partial charge on any atom is 0.239 e. The lowest BCUT2D eigenvalue weighted by Crippen LogP contribution is -2.52. The number of hydrogen-bond donors (Lipinski definition) is 1. The van der Waals surface area contributed by atoms with Gasteiger partial charge in [0.1, 0.15) is 0 Å². The van der Waals surface area contributed by atoms with Gasteiger partial charge in [-0.05, 0) is 26.3 Å². The van der Waals surface area contributed by atoms with Crippen LogP contribution in [0.25, 0.3) is 0 Å². The Kier molecular flexibility index (Phi) is 4.80. The number of sulfone groups is 1. The maximum absolute atomic E-state index is 12.0. The van der Waals surface area contributed by atoms with Crippen LogP contribution in [0.3, 0.4) is 0 Å². The summed E-state index contributed by atoms with van der Waals surface area (Å²) in [6, 6.07) is -0.0898. The smallest absolute Gasteiger partial charge is 0.239 e. The molecule has 100 valence electrons. The van der Waals surface area contributed by atoms with Crippen molar-refractivity contribution in [3.63, 3.8) is 0 Å². The molecule has 1 amide bonds. The molecule has 0 aromatic carbocycles. The van der Waals surface area contributed by atoms with Gasteiger partial charge in [-0.1, -0.05) is 0 Å². The molecule has 2 unspecified atom stereocenters. The van der Waals surface area contributed by atoms with Crippen LogP contribution in [0.1, 0.15) is 19.8 Å². The number of hydrogen-bond acceptors (Lipinski definition) is 4. The summed E-state index contributed by atoms with van der Waals surface area (Å²) >= 11 is 0.